The van der Waals surface area contributed by atoms with Gasteiger partial charge in [0.05, 0.1) is 13.2 Å². The fourth-order valence-corrected chi connectivity index (χ4v) is 2.72. The Labute approximate surface area is 120 Å². The minimum atomic E-state index is -0.363. The number of aryl methyl sites for hydroxylation is 1. The highest BCUT2D eigenvalue weighted by atomic mass is 16.5. The Bertz CT molecular complexity index is 485. The molecule has 1 saturated heterocycles. The van der Waals surface area contributed by atoms with E-state index >= 15 is 0 Å². The summed E-state index contributed by atoms with van der Waals surface area (Å²) in [5, 5.41) is 9.71. The molecule has 2 atom stereocenters. The van der Waals surface area contributed by atoms with Crippen molar-refractivity contribution in [2.45, 2.75) is 32.8 Å². The third kappa shape index (κ3) is 3.12. The van der Waals surface area contributed by atoms with Gasteiger partial charge in [0.2, 0.25) is 0 Å². The lowest BCUT2D eigenvalue weighted by Crippen LogP contribution is -2.42. The molecule has 110 valence electrons. The molecular formula is C16H23NO3. The van der Waals surface area contributed by atoms with Crippen molar-refractivity contribution in [3.05, 3.63) is 29.3 Å². The summed E-state index contributed by atoms with van der Waals surface area (Å²) in [6, 6.07) is 5.54. The van der Waals surface area contributed by atoms with Gasteiger partial charge in [-0.1, -0.05) is 6.07 Å². The van der Waals surface area contributed by atoms with E-state index in [4.69, 9.17) is 4.74 Å². The Morgan fingerprint density at radius 1 is 1.50 bits per heavy atom. The molecule has 0 saturated carbocycles. The molecule has 1 aliphatic heterocycles. The first kappa shape index (κ1) is 14.9. The van der Waals surface area contributed by atoms with Gasteiger partial charge in [0.1, 0.15) is 5.75 Å². The van der Waals surface area contributed by atoms with Crippen LogP contribution in [0.5, 0.6) is 5.75 Å². The Kier molecular flexibility index (Phi) is 4.65. The largest absolute Gasteiger partial charge is 0.496 e. The minimum absolute atomic E-state index is 0.0219. The van der Waals surface area contributed by atoms with Crippen LogP contribution in [-0.4, -0.2) is 42.2 Å². The van der Waals surface area contributed by atoms with Crippen LogP contribution in [0, 0.1) is 12.8 Å². The molecule has 1 fully saturated rings. The molecule has 0 aromatic heterocycles. The number of benzene rings is 1. The first-order valence-electron chi connectivity index (χ1n) is 7.15. The average molecular weight is 277 g/mol. The molecule has 1 heterocycles. The predicted molar refractivity (Wildman–Crippen MR) is 78.0 cm³/mol. The standard InChI is InChI=1S/C16H23NO3/c1-11-6-7-13(9-15(11)20-3)16(19)17-8-4-5-14(10-17)12(2)18/h6-7,9,12,14,18H,4-5,8,10H2,1-3H3. The summed E-state index contributed by atoms with van der Waals surface area (Å²) in [4.78, 5) is 14.4. The lowest BCUT2D eigenvalue weighted by molar-refractivity contribution is 0.0466. The van der Waals surface area contributed by atoms with Crippen molar-refractivity contribution in [1.29, 1.82) is 0 Å². The van der Waals surface area contributed by atoms with Crippen molar-refractivity contribution < 1.29 is 14.6 Å². The monoisotopic (exact) mass is 277 g/mol. The third-order valence-corrected chi connectivity index (χ3v) is 4.08. The quantitative estimate of drug-likeness (QED) is 0.921. The van der Waals surface area contributed by atoms with E-state index in [9.17, 15) is 9.90 Å². The van der Waals surface area contributed by atoms with Gasteiger partial charge in [-0.15, -0.1) is 0 Å². The van der Waals surface area contributed by atoms with Gasteiger partial charge in [0, 0.05) is 24.6 Å². The van der Waals surface area contributed by atoms with Gasteiger partial charge >= 0.3 is 0 Å². The maximum atomic E-state index is 12.5. The third-order valence-electron chi connectivity index (χ3n) is 4.08. The minimum Gasteiger partial charge on any atom is -0.496 e. The van der Waals surface area contributed by atoms with Gasteiger partial charge in [0.15, 0.2) is 0 Å². The molecule has 1 N–H and O–H groups in total. The van der Waals surface area contributed by atoms with E-state index in [-0.39, 0.29) is 17.9 Å². The number of aliphatic hydroxyl groups excluding tert-OH is 1. The lowest BCUT2D eigenvalue weighted by atomic mass is 9.93. The molecule has 0 radical (unpaired) electrons. The van der Waals surface area contributed by atoms with Crippen LogP contribution in [0.4, 0.5) is 0 Å². The highest BCUT2D eigenvalue weighted by molar-refractivity contribution is 5.94. The fraction of sp³-hybridized carbons (Fsp3) is 0.562. The number of amides is 1. The lowest BCUT2D eigenvalue weighted by Gasteiger charge is -2.34. The van der Waals surface area contributed by atoms with Crippen LogP contribution in [0.15, 0.2) is 18.2 Å². The number of nitrogens with zero attached hydrogens (tertiary/aromatic N) is 1. The second-order valence-electron chi connectivity index (χ2n) is 5.58. The van der Waals surface area contributed by atoms with E-state index < -0.39 is 0 Å². The van der Waals surface area contributed by atoms with Crippen molar-refractivity contribution in [3.8, 4) is 5.75 Å². The van der Waals surface area contributed by atoms with Crippen LogP contribution in [0.1, 0.15) is 35.7 Å². The highest BCUT2D eigenvalue weighted by Gasteiger charge is 2.27. The topological polar surface area (TPSA) is 49.8 Å². The van der Waals surface area contributed by atoms with E-state index in [0.717, 1.165) is 30.7 Å². The number of carbonyl (C=O) groups is 1. The van der Waals surface area contributed by atoms with Crippen molar-refractivity contribution >= 4 is 5.91 Å². The van der Waals surface area contributed by atoms with E-state index in [0.29, 0.717) is 12.1 Å². The molecule has 1 aromatic rings. The second kappa shape index (κ2) is 6.27. The molecule has 4 nitrogen and oxygen atoms in total. The van der Waals surface area contributed by atoms with Gasteiger partial charge in [0.25, 0.3) is 5.91 Å². The highest BCUT2D eigenvalue weighted by Crippen LogP contribution is 2.24. The summed E-state index contributed by atoms with van der Waals surface area (Å²) in [6.45, 7) is 5.15. The van der Waals surface area contributed by atoms with Crippen LogP contribution in [0.3, 0.4) is 0 Å². The Morgan fingerprint density at radius 2 is 2.25 bits per heavy atom. The van der Waals surface area contributed by atoms with Gasteiger partial charge in [-0.2, -0.15) is 0 Å². The number of aliphatic hydroxyl groups is 1. The molecule has 2 rings (SSSR count). The van der Waals surface area contributed by atoms with Gasteiger partial charge in [-0.05, 0) is 44.4 Å². The molecule has 0 bridgehead atoms. The Hall–Kier alpha value is -1.55. The summed E-state index contributed by atoms with van der Waals surface area (Å²) in [7, 11) is 1.61. The number of methoxy groups -OCH3 is 1. The van der Waals surface area contributed by atoms with Crippen LogP contribution >= 0.6 is 0 Å². The Morgan fingerprint density at radius 3 is 2.90 bits per heavy atom. The molecule has 2 unspecified atom stereocenters. The molecule has 1 aromatic carbocycles. The summed E-state index contributed by atoms with van der Waals surface area (Å²) in [6.07, 6.45) is 1.57. The Balaban J connectivity index is 2.14. The fourth-order valence-electron chi connectivity index (χ4n) is 2.72. The van der Waals surface area contributed by atoms with Crippen LogP contribution in [0.2, 0.25) is 0 Å². The number of rotatable bonds is 3. The zero-order valence-corrected chi connectivity index (χ0v) is 12.4. The first-order valence-corrected chi connectivity index (χ1v) is 7.15. The van der Waals surface area contributed by atoms with Crippen molar-refractivity contribution in [1.82, 2.24) is 4.90 Å². The molecular weight excluding hydrogens is 254 g/mol. The van der Waals surface area contributed by atoms with Gasteiger partial charge in [-0.3, -0.25) is 4.79 Å². The van der Waals surface area contributed by atoms with Gasteiger partial charge in [-0.25, -0.2) is 0 Å². The van der Waals surface area contributed by atoms with Gasteiger partial charge < -0.3 is 14.7 Å². The summed E-state index contributed by atoms with van der Waals surface area (Å²) in [5.41, 5.74) is 1.67. The molecule has 0 aliphatic carbocycles. The summed E-state index contributed by atoms with van der Waals surface area (Å²) >= 11 is 0. The summed E-state index contributed by atoms with van der Waals surface area (Å²) in [5.74, 6) is 0.939. The van der Waals surface area contributed by atoms with Crippen molar-refractivity contribution in [2.24, 2.45) is 5.92 Å². The summed E-state index contributed by atoms with van der Waals surface area (Å²) < 4.78 is 5.27. The molecule has 4 heteroatoms. The van der Waals surface area contributed by atoms with E-state index in [1.54, 1.807) is 20.1 Å². The van der Waals surface area contributed by atoms with E-state index in [1.807, 2.05) is 24.0 Å². The zero-order valence-electron chi connectivity index (χ0n) is 12.4. The smallest absolute Gasteiger partial charge is 0.253 e. The zero-order chi connectivity index (χ0) is 14.7. The average Bonchev–Trinajstić information content (AvgIpc) is 2.47. The maximum absolute atomic E-state index is 12.5. The number of hydrogen-bond donors (Lipinski definition) is 1. The normalized spacial score (nSPS) is 20.6. The number of hydrogen-bond acceptors (Lipinski definition) is 3. The second-order valence-corrected chi connectivity index (χ2v) is 5.58. The van der Waals surface area contributed by atoms with Crippen LogP contribution in [0.25, 0.3) is 0 Å². The number of likely N-dealkylation sites (tertiary alicyclic amines) is 1. The van der Waals surface area contributed by atoms with Crippen molar-refractivity contribution in [3.63, 3.8) is 0 Å². The van der Waals surface area contributed by atoms with Crippen LogP contribution < -0.4 is 4.74 Å². The SMILES string of the molecule is COc1cc(C(=O)N2CCCC(C(C)O)C2)ccc1C. The number of carbonyl (C=O) groups excluding carboxylic acids is 1. The van der Waals surface area contributed by atoms with Crippen LogP contribution in [-0.2, 0) is 0 Å². The number of piperidine rings is 1. The maximum Gasteiger partial charge on any atom is 0.253 e. The van der Waals surface area contributed by atoms with E-state index in [2.05, 4.69) is 0 Å². The molecule has 1 aliphatic rings. The molecule has 1 amide bonds. The predicted octanol–water partition coefficient (Wildman–Crippen LogP) is 2.24. The van der Waals surface area contributed by atoms with Crippen molar-refractivity contribution in [2.75, 3.05) is 20.2 Å². The molecule has 0 spiro atoms. The number of ether oxygens (including phenoxy) is 1. The first-order chi connectivity index (χ1) is 9.52. The molecule has 20 heavy (non-hydrogen) atoms. The van der Waals surface area contributed by atoms with E-state index in [1.165, 1.54) is 0 Å².